The monoisotopic (exact) mass is 566 g/mol. The van der Waals surface area contributed by atoms with Crippen molar-refractivity contribution in [3.8, 4) is 0 Å². The molecule has 0 saturated carbocycles. The number of ether oxygens (including phenoxy) is 2. The largest absolute Gasteiger partial charge is 0.462 e. The minimum atomic E-state index is -0.767. The highest BCUT2D eigenvalue weighted by atomic mass is 16.6. The number of unbranched alkanes of at least 4 members (excludes halogenated alkanes) is 21. The van der Waals surface area contributed by atoms with Gasteiger partial charge >= 0.3 is 11.9 Å². The quantitative estimate of drug-likeness (QED) is 0.0513. The molecule has 0 bridgehead atoms. The molecule has 0 unspecified atom stereocenters. The van der Waals surface area contributed by atoms with E-state index in [1.165, 1.54) is 109 Å². The van der Waals surface area contributed by atoms with Gasteiger partial charge in [-0.1, -0.05) is 142 Å². The second kappa shape index (κ2) is 32.2. The van der Waals surface area contributed by atoms with Gasteiger partial charge in [0.05, 0.1) is 6.61 Å². The van der Waals surface area contributed by atoms with Crippen LogP contribution in [-0.4, -0.2) is 36.4 Å². The molecule has 0 aliphatic carbocycles. The van der Waals surface area contributed by atoms with Crippen molar-refractivity contribution in [3.05, 3.63) is 12.2 Å². The fourth-order valence-corrected chi connectivity index (χ4v) is 4.90. The average molecular weight is 567 g/mol. The topological polar surface area (TPSA) is 72.8 Å². The van der Waals surface area contributed by atoms with E-state index in [-0.39, 0.29) is 25.2 Å². The molecule has 0 aliphatic rings. The summed E-state index contributed by atoms with van der Waals surface area (Å²) in [5, 5.41) is 9.49. The number of hydrogen-bond donors (Lipinski definition) is 1. The molecule has 0 spiro atoms. The summed E-state index contributed by atoms with van der Waals surface area (Å²) in [7, 11) is 0. The summed E-state index contributed by atoms with van der Waals surface area (Å²) in [4.78, 5) is 24.1. The van der Waals surface area contributed by atoms with Crippen LogP contribution >= 0.6 is 0 Å². The number of aliphatic hydroxyl groups is 1. The maximum Gasteiger partial charge on any atom is 0.306 e. The SMILES string of the molecule is CCCCCCCC/C=C\CCCCCCCC(=O)O[C@H](CO)COC(=O)CCCCCCCCCCCCC. The lowest BCUT2D eigenvalue weighted by molar-refractivity contribution is -0.161. The van der Waals surface area contributed by atoms with E-state index in [1.54, 1.807) is 0 Å². The first-order chi connectivity index (χ1) is 19.6. The minimum absolute atomic E-state index is 0.0640. The van der Waals surface area contributed by atoms with Gasteiger partial charge in [0.15, 0.2) is 6.10 Å². The van der Waals surface area contributed by atoms with E-state index in [1.807, 2.05) is 0 Å². The van der Waals surface area contributed by atoms with Crippen molar-refractivity contribution in [2.45, 2.75) is 187 Å². The Morgan fingerprint density at radius 2 is 0.925 bits per heavy atom. The molecular weight excluding hydrogens is 500 g/mol. The summed E-state index contributed by atoms with van der Waals surface area (Å²) in [6.07, 6.45) is 34.0. The first-order valence-electron chi connectivity index (χ1n) is 17.2. The third kappa shape index (κ3) is 29.6. The molecule has 0 aromatic rings. The molecule has 5 nitrogen and oxygen atoms in total. The maximum absolute atomic E-state index is 12.1. The average Bonchev–Trinajstić information content (AvgIpc) is 2.96. The van der Waals surface area contributed by atoms with E-state index >= 15 is 0 Å². The molecular formula is C35H66O5. The van der Waals surface area contributed by atoms with Crippen LogP contribution < -0.4 is 0 Å². The van der Waals surface area contributed by atoms with Crippen molar-refractivity contribution >= 4 is 11.9 Å². The predicted molar refractivity (Wildman–Crippen MR) is 168 cm³/mol. The summed E-state index contributed by atoms with van der Waals surface area (Å²) in [6, 6.07) is 0. The number of rotatable bonds is 31. The van der Waals surface area contributed by atoms with Crippen molar-refractivity contribution in [2.24, 2.45) is 0 Å². The van der Waals surface area contributed by atoms with Gasteiger partial charge in [-0.05, 0) is 38.5 Å². The minimum Gasteiger partial charge on any atom is -0.462 e. The number of carbonyl (C=O) groups excluding carboxylic acids is 2. The van der Waals surface area contributed by atoms with Gasteiger partial charge in [-0.25, -0.2) is 0 Å². The van der Waals surface area contributed by atoms with Crippen LogP contribution in [0.5, 0.6) is 0 Å². The summed E-state index contributed by atoms with van der Waals surface area (Å²) < 4.78 is 10.5. The highest BCUT2D eigenvalue weighted by Gasteiger charge is 2.16. The summed E-state index contributed by atoms with van der Waals surface area (Å²) in [6.45, 7) is 4.11. The van der Waals surface area contributed by atoms with Crippen LogP contribution in [0.25, 0.3) is 0 Å². The first-order valence-corrected chi connectivity index (χ1v) is 17.2. The molecule has 0 radical (unpaired) electrons. The Balaban J connectivity index is 3.57. The number of allylic oxidation sites excluding steroid dienone is 2. The molecule has 0 aromatic carbocycles. The molecule has 0 heterocycles. The van der Waals surface area contributed by atoms with Crippen LogP contribution in [0.15, 0.2) is 12.2 Å². The van der Waals surface area contributed by atoms with E-state index in [0.717, 1.165) is 44.9 Å². The second-order valence-corrected chi connectivity index (χ2v) is 11.6. The zero-order valence-electron chi connectivity index (χ0n) is 26.6. The fourth-order valence-electron chi connectivity index (χ4n) is 4.90. The normalized spacial score (nSPS) is 12.2. The van der Waals surface area contributed by atoms with E-state index in [0.29, 0.717) is 12.8 Å². The Hall–Kier alpha value is -1.36. The predicted octanol–water partition coefficient (Wildman–Crippen LogP) is 10.2. The van der Waals surface area contributed by atoms with Crippen molar-refractivity contribution < 1.29 is 24.2 Å². The third-order valence-electron chi connectivity index (χ3n) is 7.56. The van der Waals surface area contributed by atoms with Gasteiger partial charge in [0.25, 0.3) is 0 Å². The molecule has 0 saturated heterocycles. The fraction of sp³-hybridized carbons (Fsp3) is 0.886. The standard InChI is InChI=1S/C35H66O5/c1-3-5-7-9-11-13-15-16-17-18-20-22-24-26-28-30-35(38)40-33(31-36)32-39-34(37)29-27-25-23-21-19-14-12-10-8-6-4-2/h16-17,33,36H,3-15,18-32H2,1-2H3/b17-16-/t33-/m1/s1. The number of hydrogen-bond acceptors (Lipinski definition) is 5. The smallest absolute Gasteiger partial charge is 0.306 e. The molecule has 0 fully saturated rings. The highest BCUT2D eigenvalue weighted by Crippen LogP contribution is 2.13. The molecule has 236 valence electrons. The van der Waals surface area contributed by atoms with E-state index in [9.17, 15) is 14.7 Å². The van der Waals surface area contributed by atoms with Crippen LogP contribution in [0.2, 0.25) is 0 Å². The zero-order valence-corrected chi connectivity index (χ0v) is 26.6. The highest BCUT2D eigenvalue weighted by molar-refractivity contribution is 5.70. The van der Waals surface area contributed by atoms with Crippen molar-refractivity contribution in [1.29, 1.82) is 0 Å². The van der Waals surface area contributed by atoms with Crippen LogP contribution in [0.3, 0.4) is 0 Å². The molecule has 1 N–H and O–H groups in total. The van der Waals surface area contributed by atoms with Crippen molar-refractivity contribution in [3.63, 3.8) is 0 Å². The van der Waals surface area contributed by atoms with Gasteiger partial charge in [0.1, 0.15) is 6.61 Å². The number of aliphatic hydroxyl groups excluding tert-OH is 1. The molecule has 0 aromatic heterocycles. The lowest BCUT2D eigenvalue weighted by Crippen LogP contribution is -2.28. The number of esters is 2. The molecule has 5 heteroatoms. The maximum atomic E-state index is 12.1. The Kier molecular flexibility index (Phi) is 31.1. The van der Waals surface area contributed by atoms with Crippen molar-refractivity contribution in [1.82, 2.24) is 0 Å². The van der Waals surface area contributed by atoms with Gasteiger partial charge < -0.3 is 14.6 Å². The van der Waals surface area contributed by atoms with Gasteiger partial charge in [-0.15, -0.1) is 0 Å². The summed E-state index contributed by atoms with van der Waals surface area (Å²) in [5.74, 6) is -0.597. The van der Waals surface area contributed by atoms with E-state index in [4.69, 9.17) is 9.47 Å². The molecule has 0 rings (SSSR count). The van der Waals surface area contributed by atoms with Gasteiger partial charge in [0.2, 0.25) is 0 Å². The van der Waals surface area contributed by atoms with Gasteiger partial charge in [0, 0.05) is 12.8 Å². The molecule has 0 amide bonds. The Morgan fingerprint density at radius 1 is 0.550 bits per heavy atom. The zero-order chi connectivity index (χ0) is 29.4. The molecule has 0 aliphatic heterocycles. The third-order valence-corrected chi connectivity index (χ3v) is 7.56. The van der Waals surface area contributed by atoms with Crippen LogP contribution in [-0.2, 0) is 19.1 Å². The molecule has 40 heavy (non-hydrogen) atoms. The van der Waals surface area contributed by atoms with Crippen molar-refractivity contribution in [2.75, 3.05) is 13.2 Å². The lowest BCUT2D eigenvalue weighted by atomic mass is 10.1. The van der Waals surface area contributed by atoms with Gasteiger partial charge in [-0.2, -0.15) is 0 Å². The van der Waals surface area contributed by atoms with Crippen LogP contribution in [0, 0.1) is 0 Å². The lowest BCUT2D eigenvalue weighted by Gasteiger charge is -2.15. The molecule has 1 atom stereocenters. The van der Waals surface area contributed by atoms with Crippen LogP contribution in [0.1, 0.15) is 181 Å². The van der Waals surface area contributed by atoms with Gasteiger partial charge in [-0.3, -0.25) is 9.59 Å². The Labute approximate surface area is 248 Å². The Morgan fingerprint density at radius 3 is 1.35 bits per heavy atom. The number of carbonyl (C=O) groups is 2. The summed E-state index contributed by atoms with van der Waals surface area (Å²) >= 11 is 0. The summed E-state index contributed by atoms with van der Waals surface area (Å²) in [5.41, 5.74) is 0. The Bertz CT molecular complexity index is 574. The first kappa shape index (κ1) is 38.6. The second-order valence-electron chi connectivity index (χ2n) is 11.6. The van der Waals surface area contributed by atoms with E-state index in [2.05, 4.69) is 26.0 Å². The van der Waals surface area contributed by atoms with E-state index < -0.39 is 6.10 Å². The van der Waals surface area contributed by atoms with Crippen LogP contribution in [0.4, 0.5) is 0 Å².